The standard InChI is InChI=1S/C18H16Cl2F3N3O4/c1-17(2,9-30-15-6-10(18(21,22)23)5-14(20)25-15)8-24-16(27)12-7-11(26(28)29)3-4-13(12)19/h3-7H,8-9H2,1-2H3,(H,24,27). The molecule has 2 rings (SSSR count). The van der Waals surface area contributed by atoms with Crippen molar-refractivity contribution in [3.8, 4) is 5.88 Å². The topological polar surface area (TPSA) is 94.4 Å². The average Bonchev–Trinajstić information content (AvgIpc) is 2.64. The molecular formula is C18H16Cl2F3N3O4. The van der Waals surface area contributed by atoms with Crippen molar-refractivity contribution in [2.45, 2.75) is 20.0 Å². The van der Waals surface area contributed by atoms with Crippen LogP contribution in [0.4, 0.5) is 18.9 Å². The Bertz CT molecular complexity index is 968. The molecule has 0 atom stereocenters. The van der Waals surface area contributed by atoms with Gasteiger partial charge >= 0.3 is 6.18 Å². The first-order valence-corrected chi connectivity index (χ1v) is 9.14. The second-order valence-electron chi connectivity index (χ2n) is 7.07. The van der Waals surface area contributed by atoms with E-state index in [-0.39, 0.29) is 40.5 Å². The van der Waals surface area contributed by atoms with Crippen LogP contribution >= 0.6 is 23.2 Å². The van der Waals surface area contributed by atoms with E-state index in [1.807, 2.05) is 0 Å². The number of alkyl halides is 3. The molecule has 0 spiro atoms. The van der Waals surface area contributed by atoms with E-state index >= 15 is 0 Å². The number of nitro benzene ring substituents is 1. The van der Waals surface area contributed by atoms with Gasteiger partial charge in [-0.1, -0.05) is 37.0 Å². The summed E-state index contributed by atoms with van der Waals surface area (Å²) < 4.78 is 43.9. The molecule has 0 aliphatic carbocycles. The molecule has 0 aliphatic heterocycles. The number of ether oxygens (including phenoxy) is 1. The van der Waals surface area contributed by atoms with Gasteiger partial charge < -0.3 is 10.1 Å². The van der Waals surface area contributed by atoms with Gasteiger partial charge in [0.05, 0.1) is 27.7 Å². The number of carbonyl (C=O) groups excluding carboxylic acids is 1. The lowest BCUT2D eigenvalue weighted by molar-refractivity contribution is -0.384. The number of nitrogens with zero attached hydrogens (tertiary/aromatic N) is 2. The molecule has 7 nitrogen and oxygen atoms in total. The Morgan fingerprint density at radius 3 is 2.50 bits per heavy atom. The number of carbonyl (C=O) groups is 1. The van der Waals surface area contributed by atoms with E-state index in [0.717, 1.165) is 12.1 Å². The molecule has 162 valence electrons. The quantitative estimate of drug-likeness (QED) is 0.346. The molecule has 0 bridgehead atoms. The third-order valence-corrected chi connectivity index (χ3v) is 4.36. The molecule has 1 aromatic heterocycles. The SMILES string of the molecule is CC(C)(CNC(=O)c1cc([N+](=O)[O-])ccc1Cl)COc1cc(C(F)(F)F)cc(Cl)n1. The van der Waals surface area contributed by atoms with Gasteiger partial charge in [0.1, 0.15) is 5.15 Å². The molecule has 12 heteroatoms. The van der Waals surface area contributed by atoms with Crippen molar-refractivity contribution in [2.75, 3.05) is 13.2 Å². The summed E-state index contributed by atoms with van der Waals surface area (Å²) in [5.74, 6) is -0.951. The van der Waals surface area contributed by atoms with E-state index < -0.39 is 28.0 Å². The fourth-order valence-electron chi connectivity index (χ4n) is 2.25. The minimum absolute atomic E-state index is 0.0370. The van der Waals surface area contributed by atoms with Gasteiger partial charge in [0.15, 0.2) is 0 Å². The van der Waals surface area contributed by atoms with Crippen LogP contribution in [0, 0.1) is 15.5 Å². The van der Waals surface area contributed by atoms with Crippen LogP contribution in [-0.2, 0) is 6.18 Å². The highest BCUT2D eigenvalue weighted by Gasteiger charge is 2.32. The average molecular weight is 466 g/mol. The van der Waals surface area contributed by atoms with E-state index in [1.54, 1.807) is 13.8 Å². The van der Waals surface area contributed by atoms with E-state index in [2.05, 4.69) is 10.3 Å². The smallest absolute Gasteiger partial charge is 0.416 e. The first-order valence-electron chi connectivity index (χ1n) is 8.38. The van der Waals surface area contributed by atoms with Gasteiger partial charge in [-0.05, 0) is 12.1 Å². The second kappa shape index (κ2) is 9.05. The lowest BCUT2D eigenvalue weighted by Crippen LogP contribution is -2.37. The van der Waals surface area contributed by atoms with Crippen molar-refractivity contribution in [2.24, 2.45) is 5.41 Å². The van der Waals surface area contributed by atoms with Crippen LogP contribution in [0.15, 0.2) is 30.3 Å². The summed E-state index contributed by atoms with van der Waals surface area (Å²) >= 11 is 11.6. The number of aromatic nitrogens is 1. The van der Waals surface area contributed by atoms with E-state index in [4.69, 9.17) is 27.9 Å². The van der Waals surface area contributed by atoms with Gasteiger partial charge in [-0.25, -0.2) is 4.98 Å². The van der Waals surface area contributed by atoms with Crippen LogP contribution in [0.25, 0.3) is 0 Å². The van der Waals surface area contributed by atoms with Crippen molar-refractivity contribution in [3.63, 3.8) is 0 Å². The highest BCUT2D eigenvalue weighted by atomic mass is 35.5. The number of non-ortho nitro benzene ring substituents is 1. The summed E-state index contributed by atoms with van der Waals surface area (Å²) in [6, 6.07) is 4.87. The third-order valence-electron chi connectivity index (χ3n) is 3.84. The maximum absolute atomic E-state index is 12.9. The predicted octanol–water partition coefficient (Wildman–Crippen LogP) is 5.15. The Kier molecular flexibility index (Phi) is 7.14. The summed E-state index contributed by atoms with van der Waals surface area (Å²) in [7, 11) is 0. The first kappa shape index (κ1) is 23.7. The highest BCUT2D eigenvalue weighted by molar-refractivity contribution is 6.34. The number of amides is 1. The van der Waals surface area contributed by atoms with Gasteiger partial charge in [-0.15, -0.1) is 0 Å². The van der Waals surface area contributed by atoms with E-state index in [1.165, 1.54) is 12.1 Å². The molecular weight excluding hydrogens is 450 g/mol. The third kappa shape index (κ3) is 6.46. The molecule has 30 heavy (non-hydrogen) atoms. The monoisotopic (exact) mass is 465 g/mol. The van der Waals surface area contributed by atoms with E-state index in [9.17, 15) is 28.1 Å². The number of nitro groups is 1. The predicted molar refractivity (Wildman–Crippen MR) is 104 cm³/mol. The molecule has 1 N–H and O–H groups in total. The van der Waals surface area contributed by atoms with Crippen molar-refractivity contribution < 1.29 is 27.6 Å². The number of benzene rings is 1. The summed E-state index contributed by atoms with van der Waals surface area (Å²) in [5, 5.41) is 13.1. The highest BCUT2D eigenvalue weighted by Crippen LogP contribution is 2.33. The van der Waals surface area contributed by atoms with Crippen LogP contribution in [0.5, 0.6) is 5.88 Å². The molecule has 1 amide bonds. The number of hydrogen-bond acceptors (Lipinski definition) is 5. The number of hydrogen-bond donors (Lipinski definition) is 1. The van der Waals surface area contributed by atoms with Gasteiger partial charge in [0, 0.05) is 30.2 Å². The van der Waals surface area contributed by atoms with Crippen molar-refractivity contribution in [3.05, 3.63) is 61.7 Å². The first-order chi connectivity index (χ1) is 13.8. The van der Waals surface area contributed by atoms with Crippen molar-refractivity contribution >= 4 is 34.8 Å². The summed E-state index contributed by atoms with van der Waals surface area (Å²) in [4.78, 5) is 26.3. The molecule has 0 saturated heterocycles. The van der Waals surface area contributed by atoms with Crippen LogP contribution in [0.1, 0.15) is 29.8 Å². The number of halogens is 5. The molecule has 0 radical (unpaired) electrons. The maximum atomic E-state index is 12.9. The Morgan fingerprint density at radius 2 is 1.90 bits per heavy atom. The zero-order valence-corrected chi connectivity index (χ0v) is 17.2. The number of pyridine rings is 1. The Balaban J connectivity index is 2.03. The second-order valence-corrected chi connectivity index (χ2v) is 7.87. The maximum Gasteiger partial charge on any atom is 0.416 e. The van der Waals surface area contributed by atoms with Crippen LogP contribution in [0.2, 0.25) is 10.2 Å². The largest absolute Gasteiger partial charge is 0.477 e. The summed E-state index contributed by atoms with van der Waals surface area (Å²) in [6.07, 6.45) is -4.61. The Labute approximate surface area is 179 Å². The summed E-state index contributed by atoms with van der Waals surface area (Å²) in [6.45, 7) is 3.33. The van der Waals surface area contributed by atoms with Gasteiger partial charge in [-0.2, -0.15) is 13.2 Å². The van der Waals surface area contributed by atoms with Crippen molar-refractivity contribution in [1.82, 2.24) is 10.3 Å². The van der Waals surface area contributed by atoms with Crippen molar-refractivity contribution in [1.29, 1.82) is 0 Å². The fraction of sp³-hybridized carbons (Fsp3) is 0.333. The fourth-order valence-corrected chi connectivity index (χ4v) is 2.65. The van der Waals surface area contributed by atoms with Gasteiger partial charge in [0.25, 0.3) is 11.6 Å². The molecule has 0 unspecified atom stereocenters. The molecule has 1 heterocycles. The zero-order valence-electron chi connectivity index (χ0n) is 15.7. The molecule has 2 aromatic rings. The van der Waals surface area contributed by atoms with Crippen LogP contribution < -0.4 is 10.1 Å². The number of rotatable bonds is 7. The van der Waals surface area contributed by atoms with Gasteiger partial charge in [-0.3, -0.25) is 14.9 Å². The number of nitrogens with one attached hydrogen (secondary N) is 1. The normalized spacial score (nSPS) is 11.8. The minimum Gasteiger partial charge on any atom is -0.477 e. The molecule has 0 aliphatic rings. The molecule has 0 fully saturated rings. The van der Waals surface area contributed by atoms with E-state index in [0.29, 0.717) is 6.07 Å². The molecule has 1 aromatic carbocycles. The molecule has 0 saturated carbocycles. The van der Waals surface area contributed by atoms with Crippen LogP contribution in [-0.4, -0.2) is 29.0 Å². The summed E-state index contributed by atoms with van der Waals surface area (Å²) in [5.41, 5.74) is -2.09. The van der Waals surface area contributed by atoms with Gasteiger partial charge in [0.2, 0.25) is 5.88 Å². The minimum atomic E-state index is -4.61. The lowest BCUT2D eigenvalue weighted by atomic mass is 9.94. The zero-order chi connectivity index (χ0) is 22.7. The Hall–Kier alpha value is -2.59. The van der Waals surface area contributed by atoms with Crippen LogP contribution in [0.3, 0.4) is 0 Å². The lowest BCUT2D eigenvalue weighted by Gasteiger charge is -2.25. The Morgan fingerprint density at radius 1 is 1.23 bits per heavy atom.